The van der Waals surface area contributed by atoms with Crippen molar-refractivity contribution in [2.45, 2.75) is 196 Å². The van der Waals surface area contributed by atoms with Crippen molar-refractivity contribution in [3.8, 4) is 0 Å². The van der Waals surface area contributed by atoms with Crippen LogP contribution in [-0.2, 0) is 66.3 Å². The van der Waals surface area contributed by atoms with Crippen molar-refractivity contribution in [3.63, 3.8) is 0 Å². The fourth-order valence-electron chi connectivity index (χ4n) is 9.54. The number of hydrogen-bond donors (Lipinski definition) is 20. The molecule has 17 unspecified atom stereocenters. The van der Waals surface area contributed by atoms with Gasteiger partial charge in [-0.15, -0.1) is 0 Å². The van der Waals surface area contributed by atoms with Crippen LogP contribution in [0.1, 0.15) is 6.42 Å². The van der Waals surface area contributed by atoms with Crippen LogP contribution in [0.2, 0.25) is 0 Å². The Balaban J connectivity index is 1.04. The number of aliphatic hydroxyl groups is 20. The topological polar surface area (TPSA) is 534 Å². The summed E-state index contributed by atoms with van der Waals surface area (Å²) in [7, 11) is 0. The maximum atomic E-state index is 11.3. The Kier molecular flexibility index (Phi) is 18.0. The first-order valence-electron chi connectivity index (χ1n) is 23.0. The molecule has 34 nitrogen and oxygen atoms in total. The average molecular weight is 1080 g/mol. The van der Waals surface area contributed by atoms with Crippen LogP contribution in [0, 0.1) is 0 Å². The van der Waals surface area contributed by atoms with Gasteiger partial charge in [0.2, 0.25) is 17.4 Å². The first-order chi connectivity index (χ1) is 34.4. The van der Waals surface area contributed by atoms with E-state index < -0.39 is 242 Å². The van der Waals surface area contributed by atoms with Crippen LogP contribution in [0.3, 0.4) is 0 Å². The number of ether oxygens (including phenoxy) is 14. The van der Waals surface area contributed by atoms with E-state index in [9.17, 15) is 102 Å². The fourth-order valence-corrected chi connectivity index (χ4v) is 9.54. The van der Waals surface area contributed by atoms with Crippen LogP contribution in [-0.4, -0.2) is 338 Å². The normalized spacial score (nSPS) is 56.7. The van der Waals surface area contributed by atoms with Gasteiger partial charge in [-0.05, 0) is 0 Å². The Labute approximate surface area is 410 Å². The summed E-state index contributed by atoms with van der Waals surface area (Å²) in [6.07, 6.45) is -57.8. The number of rotatable bonds is 4. The smallest absolute Gasteiger partial charge is 0.221 e. The molecule has 73 heavy (non-hydrogen) atoms. The standard InChI is InChI=1S/C39H64O34/c40-2-11-10-1-9(44)30(64-11)71-37(57)8-62-33(23(53)29(37)56)72-38(58)6-60-31(21(51)27(38)54)69-25-14(5-43)67-36(20(50)17(25)47)73-39(59)7-61-32(22(52)28(39)55)68-24-12(3-41)66-35(19(49)16(24)46)70-26-13(4-42)65-34(63-10)18(48)15(26)45/h9-36,40-59H,1-8H2/t9?,10-,11?,12?,13?,14?,15?,16?,17?,18?,19?,20?,21?,22?,23?,24+,25+,26+,27?,28?,29?,30+,31+,32+,33+,34-,35+,36+,37+,38+,39+/m0/s1. The summed E-state index contributed by atoms with van der Waals surface area (Å²) in [6.45, 7) is -7.47. The molecule has 424 valence electrons. The molecule has 21 rings (SSSR count). The van der Waals surface area contributed by atoms with Gasteiger partial charge in [-0.1, -0.05) is 0 Å². The minimum atomic E-state index is -3.05. The molecule has 0 aliphatic carbocycles. The highest BCUT2D eigenvalue weighted by atomic mass is 16.8. The van der Waals surface area contributed by atoms with Crippen LogP contribution < -0.4 is 0 Å². The minimum absolute atomic E-state index is 0.571. The summed E-state index contributed by atoms with van der Waals surface area (Å²) in [5.41, 5.74) is 0. The second kappa shape index (κ2) is 22.8. The molecule has 31 atom stereocenters. The Morgan fingerprint density at radius 3 is 1.05 bits per heavy atom. The lowest BCUT2D eigenvalue weighted by molar-refractivity contribution is -0.451. The summed E-state index contributed by atoms with van der Waals surface area (Å²) in [6, 6.07) is 0. The van der Waals surface area contributed by atoms with Gasteiger partial charge in [0, 0.05) is 6.42 Å². The molecule has 20 N–H and O–H groups in total. The van der Waals surface area contributed by atoms with Gasteiger partial charge >= 0.3 is 0 Å². The van der Waals surface area contributed by atoms with Crippen molar-refractivity contribution >= 4 is 0 Å². The monoisotopic (exact) mass is 1080 g/mol. The van der Waals surface area contributed by atoms with E-state index in [4.69, 9.17) is 66.3 Å². The predicted molar refractivity (Wildman–Crippen MR) is 213 cm³/mol. The summed E-state index contributed by atoms with van der Waals surface area (Å²) in [4.78, 5) is 0. The highest BCUT2D eigenvalue weighted by Crippen LogP contribution is 2.40. The highest BCUT2D eigenvalue weighted by molar-refractivity contribution is 5.00. The maximum Gasteiger partial charge on any atom is 0.221 e. The molecule has 0 radical (unpaired) electrons. The summed E-state index contributed by atoms with van der Waals surface area (Å²) in [5, 5.41) is 219. The molecule has 0 aromatic rings. The van der Waals surface area contributed by atoms with Crippen LogP contribution in [0.25, 0.3) is 0 Å². The molecule has 21 fully saturated rings. The summed E-state index contributed by atoms with van der Waals surface area (Å²) >= 11 is 0. The summed E-state index contributed by atoms with van der Waals surface area (Å²) < 4.78 is 77.2. The molecule has 0 aromatic heterocycles. The van der Waals surface area contributed by atoms with Gasteiger partial charge in [0.05, 0.1) is 32.5 Å². The van der Waals surface area contributed by atoms with E-state index in [1.807, 2.05) is 0 Å². The van der Waals surface area contributed by atoms with Gasteiger partial charge in [-0.3, -0.25) is 0 Å². The van der Waals surface area contributed by atoms with Gasteiger partial charge in [-0.25, -0.2) is 0 Å². The number of hydrogen-bond acceptors (Lipinski definition) is 34. The first kappa shape index (κ1) is 57.8. The van der Waals surface area contributed by atoms with Crippen LogP contribution >= 0.6 is 0 Å². The van der Waals surface area contributed by atoms with E-state index in [1.165, 1.54) is 0 Å². The Hall–Kier alpha value is -1.36. The number of aliphatic hydroxyl groups excluding tert-OH is 17. The molecular formula is C39H64O34. The molecule has 21 heterocycles. The van der Waals surface area contributed by atoms with E-state index >= 15 is 0 Å². The van der Waals surface area contributed by atoms with E-state index in [0.717, 1.165) is 0 Å². The van der Waals surface area contributed by atoms with Gasteiger partial charge < -0.3 is 168 Å². The minimum Gasteiger partial charge on any atom is -0.394 e. The molecule has 0 aromatic carbocycles. The van der Waals surface area contributed by atoms with E-state index in [-0.39, 0.29) is 0 Å². The van der Waals surface area contributed by atoms with Crippen LogP contribution in [0.15, 0.2) is 0 Å². The lowest BCUT2D eigenvalue weighted by Gasteiger charge is -2.50. The molecule has 0 saturated carbocycles. The predicted octanol–water partition coefficient (Wildman–Crippen LogP) is -14.3. The van der Waals surface area contributed by atoms with Crippen molar-refractivity contribution in [2.24, 2.45) is 0 Å². The van der Waals surface area contributed by atoms with Gasteiger partial charge in [0.1, 0.15) is 142 Å². The third kappa shape index (κ3) is 11.0. The summed E-state index contributed by atoms with van der Waals surface area (Å²) in [5.74, 6) is -9.05. The zero-order valence-electron chi connectivity index (χ0n) is 38.0. The second-order valence-electron chi connectivity index (χ2n) is 18.9. The Morgan fingerprint density at radius 2 is 0.630 bits per heavy atom. The quantitative estimate of drug-likeness (QED) is 0.124. The van der Waals surface area contributed by atoms with Gasteiger partial charge in [0.15, 0.2) is 44.0 Å². The maximum absolute atomic E-state index is 11.3. The molecule has 0 spiro atoms. The largest absolute Gasteiger partial charge is 0.394 e. The molecule has 0 amide bonds. The van der Waals surface area contributed by atoms with E-state index in [1.54, 1.807) is 0 Å². The molecule has 21 saturated heterocycles. The molecule has 14 bridgehead atoms. The van der Waals surface area contributed by atoms with Crippen molar-refractivity contribution in [3.05, 3.63) is 0 Å². The zero-order chi connectivity index (χ0) is 53.2. The third-order valence-electron chi connectivity index (χ3n) is 13.9. The van der Waals surface area contributed by atoms with Crippen LogP contribution in [0.5, 0.6) is 0 Å². The average Bonchev–Trinajstić information content (AvgIpc) is 3.36. The zero-order valence-corrected chi connectivity index (χ0v) is 38.0. The molecule has 21 aliphatic heterocycles. The third-order valence-corrected chi connectivity index (χ3v) is 13.9. The van der Waals surface area contributed by atoms with Crippen molar-refractivity contribution in [2.75, 3.05) is 46.2 Å². The first-order valence-corrected chi connectivity index (χ1v) is 23.0. The van der Waals surface area contributed by atoms with Crippen molar-refractivity contribution in [1.29, 1.82) is 0 Å². The van der Waals surface area contributed by atoms with Crippen molar-refractivity contribution in [1.82, 2.24) is 0 Å². The lowest BCUT2D eigenvalue weighted by atomic mass is 9.96. The van der Waals surface area contributed by atoms with Crippen LogP contribution in [0.4, 0.5) is 0 Å². The van der Waals surface area contributed by atoms with Gasteiger partial charge in [-0.2, -0.15) is 0 Å². The molecule has 34 heteroatoms. The SMILES string of the molecule is OCC1O[C@@H]2O[C@H]3CC(O)[C@H](OC3CO)O[C@]3(O)CO[C@H](O[C@]4(O)CO[C@H](O[C@@H]5C(CO)O[C@H](O[C@]6(O)CO[C@H](O[C@@H]7C(CO)O[C@H](O[C@H]1C(O)C2O)C(O)C7O)C(O)C6O)C(O)C5O)C(O)C4O)C(O)C3O. The Bertz CT molecular complexity index is 1790. The van der Waals surface area contributed by atoms with Gasteiger partial charge in [0.25, 0.3) is 0 Å². The van der Waals surface area contributed by atoms with Crippen molar-refractivity contribution < 1.29 is 168 Å². The fraction of sp³-hybridized carbons (Fsp3) is 1.00. The van der Waals surface area contributed by atoms with E-state index in [2.05, 4.69) is 0 Å². The second-order valence-corrected chi connectivity index (χ2v) is 18.9. The molecular weight excluding hydrogens is 1010 g/mol. The lowest BCUT2D eigenvalue weighted by Crippen LogP contribution is -2.70. The highest BCUT2D eigenvalue weighted by Gasteiger charge is 2.61. The molecule has 21 aliphatic rings. The van der Waals surface area contributed by atoms with E-state index in [0.29, 0.717) is 0 Å². The Morgan fingerprint density at radius 1 is 0.315 bits per heavy atom.